The lowest BCUT2D eigenvalue weighted by atomic mass is 10.2. The van der Waals surface area contributed by atoms with E-state index in [1.165, 1.54) is 11.3 Å². The minimum atomic E-state index is -0.0907. The maximum atomic E-state index is 12.7. The van der Waals surface area contributed by atoms with Crippen LogP contribution in [0.5, 0.6) is 0 Å². The fraction of sp³-hybridized carbons (Fsp3) is 0.667. The summed E-state index contributed by atoms with van der Waals surface area (Å²) in [4.78, 5) is 34.3. The van der Waals surface area contributed by atoms with Gasteiger partial charge in [0, 0.05) is 37.6 Å². The molecule has 0 aliphatic carbocycles. The van der Waals surface area contributed by atoms with Gasteiger partial charge in [-0.2, -0.15) is 0 Å². The van der Waals surface area contributed by atoms with Gasteiger partial charge in [0.15, 0.2) is 5.13 Å². The smallest absolute Gasteiger partial charge is 0.248 e. The molecular weight excluding hydrogens is 316 g/mol. The zero-order valence-corrected chi connectivity index (χ0v) is 14.1. The zero-order chi connectivity index (χ0) is 16.2. The molecule has 126 valence electrons. The summed E-state index contributed by atoms with van der Waals surface area (Å²) in [6.07, 6.45) is 3.03. The fourth-order valence-corrected chi connectivity index (χ4v) is 3.61. The van der Waals surface area contributed by atoms with Crippen LogP contribution in [-0.2, 0) is 14.3 Å². The van der Waals surface area contributed by atoms with Gasteiger partial charge in [-0.1, -0.05) is 0 Å². The molecule has 2 saturated heterocycles. The number of likely N-dealkylation sites (tertiary alicyclic amines) is 1. The molecule has 7 nitrogen and oxygen atoms in total. The lowest BCUT2D eigenvalue weighted by Crippen LogP contribution is -2.49. The van der Waals surface area contributed by atoms with Crippen LogP contribution in [0.15, 0.2) is 11.6 Å². The normalized spacial score (nSPS) is 22.6. The van der Waals surface area contributed by atoms with Crippen molar-refractivity contribution in [3.05, 3.63) is 11.6 Å². The average Bonchev–Trinajstić information content (AvgIpc) is 3.17. The van der Waals surface area contributed by atoms with Gasteiger partial charge in [-0.25, -0.2) is 4.98 Å². The highest BCUT2D eigenvalue weighted by molar-refractivity contribution is 7.13. The van der Waals surface area contributed by atoms with Crippen LogP contribution in [-0.4, -0.2) is 79.1 Å². The van der Waals surface area contributed by atoms with Gasteiger partial charge in [0.25, 0.3) is 0 Å². The Morgan fingerprint density at radius 3 is 3.04 bits per heavy atom. The molecule has 23 heavy (non-hydrogen) atoms. The van der Waals surface area contributed by atoms with Crippen molar-refractivity contribution in [1.29, 1.82) is 0 Å². The molecule has 1 atom stereocenters. The zero-order valence-electron chi connectivity index (χ0n) is 13.3. The molecule has 0 spiro atoms. The highest BCUT2D eigenvalue weighted by atomic mass is 32.1. The van der Waals surface area contributed by atoms with E-state index in [2.05, 4.69) is 9.88 Å². The number of hydrogen-bond donors (Lipinski definition) is 0. The second kappa shape index (κ2) is 7.37. The van der Waals surface area contributed by atoms with Gasteiger partial charge < -0.3 is 14.5 Å². The van der Waals surface area contributed by atoms with Gasteiger partial charge in [-0.3, -0.25) is 14.5 Å². The van der Waals surface area contributed by atoms with E-state index in [0.29, 0.717) is 31.2 Å². The number of ether oxygens (including phenoxy) is 1. The maximum absolute atomic E-state index is 12.7. The summed E-state index contributed by atoms with van der Waals surface area (Å²) >= 11 is 1.43. The number of anilines is 1. The molecule has 1 aromatic rings. The Kier molecular flexibility index (Phi) is 5.24. The maximum Gasteiger partial charge on any atom is 0.248 e. The monoisotopic (exact) mass is 338 g/mol. The van der Waals surface area contributed by atoms with Crippen molar-refractivity contribution < 1.29 is 14.3 Å². The first kappa shape index (κ1) is 16.4. The molecule has 2 aliphatic heterocycles. The molecule has 0 saturated carbocycles. The Bertz CT molecular complexity index is 551. The van der Waals surface area contributed by atoms with Crippen LogP contribution in [0, 0.1) is 0 Å². The molecule has 2 amide bonds. The SMILES string of the molecule is CN1CCO[C@@H](CN(C(=O)CN2CCCC2=O)c2nccs2)C1. The standard InChI is InChI=1S/C15H22N4O3S/c1-17-6-7-22-12(9-17)10-19(15-16-4-8-23-15)14(21)11-18-5-2-3-13(18)20/h4,8,12H,2-3,5-7,9-11H2,1H3/t12-/m1/s1. The van der Waals surface area contributed by atoms with E-state index in [9.17, 15) is 9.59 Å². The lowest BCUT2D eigenvalue weighted by molar-refractivity contribution is -0.132. The second-order valence-electron chi connectivity index (χ2n) is 5.99. The third-order valence-electron chi connectivity index (χ3n) is 4.18. The number of carbonyl (C=O) groups excluding carboxylic acids is 2. The highest BCUT2D eigenvalue weighted by Gasteiger charge is 2.29. The van der Waals surface area contributed by atoms with Crippen LogP contribution in [0.1, 0.15) is 12.8 Å². The van der Waals surface area contributed by atoms with Crippen molar-refractivity contribution in [2.75, 3.05) is 51.3 Å². The summed E-state index contributed by atoms with van der Waals surface area (Å²) in [6, 6.07) is 0. The molecule has 8 heteroatoms. The number of hydrogen-bond acceptors (Lipinski definition) is 6. The van der Waals surface area contributed by atoms with E-state index >= 15 is 0 Å². The van der Waals surface area contributed by atoms with Crippen LogP contribution in [0.4, 0.5) is 5.13 Å². The van der Waals surface area contributed by atoms with E-state index in [1.807, 2.05) is 12.4 Å². The number of nitrogens with zero attached hydrogens (tertiary/aromatic N) is 4. The van der Waals surface area contributed by atoms with Gasteiger partial charge >= 0.3 is 0 Å². The number of amides is 2. The Morgan fingerprint density at radius 2 is 2.39 bits per heavy atom. The van der Waals surface area contributed by atoms with Crippen molar-refractivity contribution in [2.24, 2.45) is 0 Å². The number of likely N-dealkylation sites (N-methyl/N-ethyl adjacent to an activating group) is 1. The number of aromatic nitrogens is 1. The summed E-state index contributed by atoms with van der Waals surface area (Å²) < 4.78 is 5.78. The molecule has 2 aliphatic rings. The van der Waals surface area contributed by atoms with Gasteiger partial charge in [0.1, 0.15) is 6.54 Å². The van der Waals surface area contributed by atoms with Crippen LogP contribution in [0.2, 0.25) is 0 Å². The first-order chi connectivity index (χ1) is 11.1. The molecule has 0 N–H and O–H groups in total. The molecule has 3 heterocycles. The summed E-state index contributed by atoms with van der Waals surface area (Å²) in [7, 11) is 2.05. The molecule has 0 unspecified atom stereocenters. The van der Waals surface area contributed by atoms with Crippen molar-refractivity contribution in [1.82, 2.24) is 14.8 Å². The number of thiazole rings is 1. The first-order valence-electron chi connectivity index (χ1n) is 7.91. The summed E-state index contributed by atoms with van der Waals surface area (Å²) in [5.41, 5.74) is 0. The molecule has 2 fully saturated rings. The minimum Gasteiger partial charge on any atom is -0.374 e. The number of morpholine rings is 1. The van der Waals surface area contributed by atoms with Crippen LogP contribution in [0.25, 0.3) is 0 Å². The topological polar surface area (TPSA) is 66.0 Å². The first-order valence-corrected chi connectivity index (χ1v) is 8.79. The molecular formula is C15H22N4O3S. The molecule has 3 rings (SSSR count). The van der Waals surface area contributed by atoms with Crippen LogP contribution < -0.4 is 4.90 Å². The van der Waals surface area contributed by atoms with Gasteiger partial charge in [0.05, 0.1) is 19.3 Å². The van der Waals surface area contributed by atoms with E-state index in [4.69, 9.17) is 4.74 Å². The predicted molar refractivity (Wildman–Crippen MR) is 87.5 cm³/mol. The predicted octanol–water partition coefficient (Wildman–Crippen LogP) is 0.429. The summed E-state index contributed by atoms with van der Waals surface area (Å²) in [6.45, 7) is 3.63. The molecule has 0 aromatic carbocycles. The summed E-state index contributed by atoms with van der Waals surface area (Å²) in [5.74, 6) is -0.0295. The van der Waals surface area contributed by atoms with E-state index in [1.54, 1.807) is 16.0 Å². The molecule has 0 bridgehead atoms. The average molecular weight is 338 g/mol. The van der Waals surface area contributed by atoms with Crippen LogP contribution in [0.3, 0.4) is 0 Å². The Balaban J connectivity index is 1.68. The van der Waals surface area contributed by atoms with E-state index in [-0.39, 0.29) is 24.5 Å². The van der Waals surface area contributed by atoms with Gasteiger partial charge in [-0.15, -0.1) is 11.3 Å². The quantitative estimate of drug-likeness (QED) is 0.779. The van der Waals surface area contributed by atoms with Gasteiger partial charge in [-0.05, 0) is 13.5 Å². The molecule has 1 aromatic heterocycles. The Morgan fingerprint density at radius 1 is 1.52 bits per heavy atom. The van der Waals surface area contributed by atoms with Gasteiger partial charge in [0.2, 0.25) is 11.8 Å². The minimum absolute atomic E-state index is 0.0316. The summed E-state index contributed by atoms with van der Waals surface area (Å²) in [5, 5.41) is 2.52. The van der Waals surface area contributed by atoms with Crippen LogP contribution >= 0.6 is 11.3 Å². The Hall–Kier alpha value is -1.51. The van der Waals surface area contributed by atoms with Crippen molar-refractivity contribution >= 4 is 28.3 Å². The number of rotatable bonds is 5. The van der Waals surface area contributed by atoms with Crippen molar-refractivity contribution in [2.45, 2.75) is 18.9 Å². The highest BCUT2D eigenvalue weighted by Crippen LogP contribution is 2.20. The fourth-order valence-electron chi connectivity index (χ4n) is 2.94. The van der Waals surface area contributed by atoms with E-state index in [0.717, 1.165) is 19.5 Å². The number of carbonyl (C=O) groups is 2. The van der Waals surface area contributed by atoms with Crippen molar-refractivity contribution in [3.63, 3.8) is 0 Å². The lowest BCUT2D eigenvalue weighted by Gasteiger charge is -2.33. The Labute approximate surface area is 139 Å². The van der Waals surface area contributed by atoms with E-state index < -0.39 is 0 Å². The third-order valence-corrected chi connectivity index (χ3v) is 4.97. The second-order valence-corrected chi connectivity index (χ2v) is 6.87. The molecule has 0 radical (unpaired) electrons. The van der Waals surface area contributed by atoms with Crippen molar-refractivity contribution in [3.8, 4) is 0 Å². The largest absolute Gasteiger partial charge is 0.374 e. The third kappa shape index (κ3) is 4.07.